The largest absolute Gasteiger partial charge is 0.480 e. The van der Waals surface area contributed by atoms with Crippen molar-refractivity contribution < 1.29 is 14.7 Å². The molecule has 88 valence electrons. The van der Waals surface area contributed by atoms with Gasteiger partial charge in [-0.25, -0.2) is 9.59 Å². The normalized spacial score (nSPS) is 24.9. The summed E-state index contributed by atoms with van der Waals surface area (Å²) < 4.78 is 0. The number of nitrogens with zero attached hydrogens (tertiary/aromatic N) is 2. The van der Waals surface area contributed by atoms with Gasteiger partial charge in [0.1, 0.15) is 6.04 Å². The van der Waals surface area contributed by atoms with Gasteiger partial charge in [-0.05, 0) is 19.3 Å². The standard InChI is InChI=1S/C11H16N2O3/c14-10(15)9-5-4-8-13(9)11(16)12-6-2-1-3-7-12/h1-2,9H,3-8H2,(H,14,15)/t9-/m1/s1. The van der Waals surface area contributed by atoms with Crippen LogP contribution in [0, 0.1) is 0 Å². The van der Waals surface area contributed by atoms with Crippen molar-refractivity contribution in [1.82, 2.24) is 9.80 Å². The molecule has 2 aliphatic heterocycles. The molecule has 0 aliphatic carbocycles. The van der Waals surface area contributed by atoms with Crippen LogP contribution in [0.15, 0.2) is 12.2 Å². The Morgan fingerprint density at radius 1 is 1.25 bits per heavy atom. The maximum absolute atomic E-state index is 12.1. The van der Waals surface area contributed by atoms with Crippen molar-refractivity contribution in [2.24, 2.45) is 0 Å². The van der Waals surface area contributed by atoms with Gasteiger partial charge in [0, 0.05) is 19.6 Å². The molecule has 5 heteroatoms. The fraction of sp³-hybridized carbons (Fsp3) is 0.636. The molecule has 0 aromatic heterocycles. The van der Waals surface area contributed by atoms with Crippen molar-refractivity contribution in [3.05, 3.63) is 12.2 Å². The van der Waals surface area contributed by atoms with Crippen LogP contribution < -0.4 is 0 Å². The predicted octanol–water partition coefficient (Wildman–Crippen LogP) is 0.917. The number of carboxylic acids is 1. The Kier molecular flexibility index (Phi) is 3.12. The molecule has 1 atom stereocenters. The molecule has 0 unspecified atom stereocenters. The SMILES string of the molecule is O=C(O)[C@H]1CCCN1C(=O)N1CC=CCC1. The minimum absolute atomic E-state index is 0.130. The lowest BCUT2D eigenvalue weighted by Gasteiger charge is -2.30. The molecule has 0 bridgehead atoms. The molecule has 0 saturated carbocycles. The molecule has 2 aliphatic rings. The number of hydrogen-bond donors (Lipinski definition) is 1. The fourth-order valence-electron chi connectivity index (χ4n) is 2.25. The Morgan fingerprint density at radius 3 is 2.69 bits per heavy atom. The minimum Gasteiger partial charge on any atom is -0.480 e. The lowest BCUT2D eigenvalue weighted by Crippen LogP contribution is -2.48. The second-order valence-corrected chi connectivity index (χ2v) is 4.18. The van der Waals surface area contributed by atoms with Crippen LogP contribution >= 0.6 is 0 Å². The van der Waals surface area contributed by atoms with E-state index >= 15 is 0 Å². The van der Waals surface area contributed by atoms with Crippen LogP contribution in [0.2, 0.25) is 0 Å². The van der Waals surface area contributed by atoms with E-state index in [1.54, 1.807) is 4.90 Å². The van der Waals surface area contributed by atoms with Gasteiger partial charge >= 0.3 is 12.0 Å². The zero-order chi connectivity index (χ0) is 11.5. The van der Waals surface area contributed by atoms with Gasteiger partial charge in [0.2, 0.25) is 0 Å². The maximum atomic E-state index is 12.1. The first-order chi connectivity index (χ1) is 7.70. The average Bonchev–Trinajstić information content (AvgIpc) is 2.78. The molecule has 2 amide bonds. The number of urea groups is 1. The number of carbonyl (C=O) groups excluding carboxylic acids is 1. The van der Waals surface area contributed by atoms with Gasteiger partial charge in [-0.3, -0.25) is 0 Å². The summed E-state index contributed by atoms with van der Waals surface area (Å²) in [6, 6.07) is -0.757. The number of rotatable bonds is 1. The summed E-state index contributed by atoms with van der Waals surface area (Å²) in [7, 11) is 0. The third-order valence-electron chi connectivity index (χ3n) is 3.11. The number of carbonyl (C=O) groups is 2. The molecule has 0 aromatic rings. The van der Waals surface area contributed by atoms with Crippen LogP contribution in [-0.2, 0) is 4.79 Å². The molecule has 0 aromatic carbocycles. The molecule has 5 nitrogen and oxygen atoms in total. The van der Waals surface area contributed by atoms with Crippen LogP contribution in [0.4, 0.5) is 4.79 Å². The predicted molar refractivity (Wildman–Crippen MR) is 58.1 cm³/mol. The molecular formula is C11H16N2O3. The summed E-state index contributed by atoms with van der Waals surface area (Å²) in [5, 5.41) is 9.00. The lowest BCUT2D eigenvalue weighted by molar-refractivity contribution is -0.141. The van der Waals surface area contributed by atoms with Gasteiger partial charge < -0.3 is 14.9 Å². The second kappa shape index (κ2) is 4.55. The Labute approximate surface area is 94.3 Å². The first-order valence-corrected chi connectivity index (χ1v) is 5.63. The molecule has 2 rings (SSSR count). The van der Waals surface area contributed by atoms with Gasteiger partial charge in [0.25, 0.3) is 0 Å². The van der Waals surface area contributed by atoms with Gasteiger partial charge in [0.15, 0.2) is 0 Å². The Hall–Kier alpha value is -1.52. The summed E-state index contributed by atoms with van der Waals surface area (Å²) in [5.41, 5.74) is 0. The molecule has 1 saturated heterocycles. The van der Waals surface area contributed by atoms with E-state index < -0.39 is 12.0 Å². The van der Waals surface area contributed by atoms with Crippen LogP contribution in [0.5, 0.6) is 0 Å². The summed E-state index contributed by atoms with van der Waals surface area (Å²) >= 11 is 0. The van der Waals surface area contributed by atoms with Crippen molar-refractivity contribution >= 4 is 12.0 Å². The molecule has 0 spiro atoms. The van der Waals surface area contributed by atoms with Crippen molar-refractivity contribution in [3.63, 3.8) is 0 Å². The number of likely N-dealkylation sites (tertiary alicyclic amines) is 1. The zero-order valence-corrected chi connectivity index (χ0v) is 9.13. The Balaban J connectivity index is 2.03. The van der Waals surface area contributed by atoms with Crippen LogP contribution in [0.1, 0.15) is 19.3 Å². The summed E-state index contributed by atoms with van der Waals surface area (Å²) in [6.07, 6.45) is 6.21. The van der Waals surface area contributed by atoms with E-state index in [-0.39, 0.29) is 6.03 Å². The molecule has 0 radical (unpaired) electrons. The first kappa shape index (κ1) is 11.0. The minimum atomic E-state index is -0.890. The highest BCUT2D eigenvalue weighted by Crippen LogP contribution is 2.20. The number of hydrogen-bond acceptors (Lipinski definition) is 2. The van der Waals surface area contributed by atoms with Gasteiger partial charge in [-0.2, -0.15) is 0 Å². The monoisotopic (exact) mass is 224 g/mol. The molecular weight excluding hydrogens is 208 g/mol. The third kappa shape index (κ3) is 2.03. The van der Waals surface area contributed by atoms with E-state index in [1.807, 2.05) is 12.2 Å². The van der Waals surface area contributed by atoms with Crippen molar-refractivity contribution in [3.8, 4) is 0 Å². The van der Waals surface area contributed by atoms with E-state index in [1.165, 1.54) is 4.90 Å². The average molecular weight is 224 g/mol. The van der Waals surface area contributed by atoms with Crippen molar-refractivity contribution in [2.75, 3.05) is 19.6 Å². The first-order valence-electron chi connectivity index (χ1n) is 5.63. The Bertz CT molecular complexity index is 327. The van der Waals surface area contributed by atoms with Crippen LogP contribution in [-0.4, -0.2) is 52.6 Å². The van der Waals surface area contributed by atoms with E-state index in [2.05, 4.69) is 0 Å². The lowest BCUT2D eigenvalue weighted by atomic mass is 10.2. The van der Waals surface area contributed by atoms with Crippen LogP contribution in [0.3, 0.4) is 0 Å². The summed E-state index contributed by atoms with van der Waals surface area (Å²) in [6.45, 7) is 1.86. The highest BCUT2D eigenvalue weighted by Gasteiger charge is 2.35. The fourth-order valence-corrected chi connectivity index (χ4v) is 2.25. The highest BCUT2D eigenvalue weighted by molar-refractivity contribution is 5.83. The molecule has 16 heavy (non-hydrogen) atoms. The van der Waals surface area contributed by atoms with E-state index in [0.29, 0.717) is 26.1 Å². The summed E-state index contributed by atoms with van der Waals surface area (Å²) in [5.74, 6) is -0.890. The van der Waals surface area contributed by atoms with E-state index in [4.69, 9.17) is 5.11 Å². The van der Waals surface area contributed by atoms with Crippen LogP contribution in [0.25, 0.3) is 0 Å². The quantitative estimate of drug-likeness (QED) is 0.674. The topological polar surface area (TPSA) is 60.9 Å². The van der Waals surface area contributed by atoms with Gasteiger partial charge in [-0.1, -0.05) is 12.2 Å². The highest BCUT2D eigenvalue weighted by atomic mass is 16.4. The van der Waals surface area contributed by atoms with Gasteiger partial charge in [-0.15, -0.1) is 0 Å². The third-order valence-corrected chi connectivity index (χ3v) is 3.11. The van der Waals surface area contributed by atoms with Crippen molar-refractivity contribution in [2.45, 2.75) is 25.3 Å². The van der Waals surface area contributed by atoms with E-state index in [0.717, 1.165) is 12.8 Å². The van der Waals surface area contributed by atoms with E-state index in [9.17, 15) is 9.59 Å². The zero-order valence-electron chi connectivity index (χ0n) is 9.13. The molecule has 1 N–H and O–H groups in total. The smallest absolute Gasteiger partial charge is 0.326 e. The summed E-state index contributed by atoms with van der Waals surface area (Å²) in [4.78, 5) is 26.2. The van der Waals surface area contributed by atoms with Gasteiger partial charge in [0.05, 0.1) is 0 Å². The Morgan fingerprint density at radius 2 is 2.06 bits per heavy atom. The number of amides is 2. The number of aliphatic carboxylic acids is 1. The number of carboxylic acid groups (broad SMARTS) is 1. The second-order valence-electron chi connectivity index (χ2n) is 4.18. The molecule has 1 fully saturated rings. The molecule has 2 heterocycles. The maximum Gasteiger partial charge on any atom is 0.326 e. The van der Waals surface area contributed by atoms with Crippen molar-refractivity contribution in [1.29, 1.82) is 0 Å².